The van der Waals surface area contributed by atoms with Gasteiger partial charge in [-0.25, -0.2) is 0 Å². The maximum Gasteiger partial charge on any atom is 0.231 e. The molecule has 0 bridgehead atoms. The van der Waals surface area contributed by atoms with Crippen molar-refractivity contribution in [3.63, 3.8) is 0 Å². The number of hydrogen-bond acceptors (Lipinski definition) is 7. The Morgan fingerprint density at radius 1 is 1.10 bits per heavy atom. The van der Waals surface area contributed by atoms with Gasteiger partial charge in [0, 0.05) is 26.7 Å². The van der Waals surface area contributed by atoms with Gasteiger partial charge >= 0.3 is 0 Å². The zero-order valence-electron chi connectivity index (χ0n) is 12.7. The minimum absolute atomic E-state index is 0.622. The molecule has 1 aliphatic rings. The molecule has 2 N–H and O–H groups in total. The number of nitrogens with zero attached hydrogens (tertiary/aromatic N) is 5. The summed E-state index contributed by atoms with van der Waals surface area (Å²) < 4.78 is 0. The van der Waals surface area contributed by atoms with E-state index in [9.17, 15) is 0 Å². The third kappa shape index (κ3) is 4.19. The Hall–Kier alpha value is -1.63. The van der Waals surface area contributed by atoms with Crippen molar-refractivity contribution in [2.24, 2.45) is 0 Å². The summed E-state index contributed by atoms with van der Waals surface area (Å²) >= 11 is 0. The van der Waals surface area contributed by atoms with Gasteiger partial charge in [0.25, 0.3) is 0 Å². The van der Waals surface area contributed by atoms with Crippen LogP contribution in [0.5, 0.6) is 0 Å². The van der Waals surface area contributed by atoms with E-state index in [0.29, 0.717) is 11.9 Å². The van der Waals surface area contributed by atoms with Gasteiger partial charge in [-0.2, -0.15) is 15.0 Å². The Labute approximate surface area is 120 Å². The molecule has 2 heterocycles. The fourth-order valence-corrected chi connectivity index (χ4v) is 2.21. The van der Waals surface area contributed by atoms with E-state index in [1.807, 2.05) is 7.05 Å². The quantitative estimate of drug-likeness (QED) is 0.718. The molecule has 1 aliphatic heterocycles. The molecule has 0 spiro atoms. The summed E-state index contributed by atoms with van der Waals surface area (Å²) in [7, 11) is 5.99. The lowest BCUT2D eigenvalue weighted by molar-refractivity contribution is 0.405. The average Bonchev–Trinajstić information content (AvgIpc) is 2.97. The van der Waals surface area contributed by atoms with Crippen LogP contribution in [0.4, 0.5) is 17.8 Å². The molecule has 0 radical (unpaired) electrons. The first-order valence-electron chi connectivity index (χ1n) is 7.26. The first-order chi connectivity index (χ1) is 9.69. The molecule has 0 atom stereocenters. The Bertz CT molecular complexity index is 415. The van der Waals surface area contributed by atoms with Crippen molar-refractivity contribution in [3.8, 4) is 0 Å². The van der Waals surface area contributed by atoms with Crippen molar-refractivity contribution in [3.05, 3.63) is 0 Å². The van der Waals surface area contributed by atoms with Crippen LogP contribution in [0.3, 0.4) is 0 Å². The highest BCUT2D eigenvalue weighted by atomic mass is 15.3. The second-order valence-corrected chi connectivity index (χ2v) is 5.31. The molecule has 0 aliphatic carbocycles. The maximum absolute atomic E-state index is 4.52. The zero-order chi connectivity index (χ0) is 14.4. The molecule has 0 saturated carbocycles. The summed E-state index contributed by atoms with van der Waals surface area (Å²) in [6, 6.07) is 0. The Morgan fingerprint density at radius 3 is 2.45 bits per heavy atom. The number of rotatable bonds is 7. The van der Waals surface area contributed by atoms with Crippen molar-refractivity contribution in [2.45, 2.75) is 19.3 Å². The van der Waals surface area contributed by atoms with E-state index in [0.717, 1.165) is 38.5 Å². The maximum atomic E-state index is 4.52. The summed E-state index contributed by atoms with van der Waals surface area (Å²) in [5, 5.41) is 6.29. The van der Waals surface area contributed by atoms with Crippen LogP contribution in [0.1, 0.15) is 19.3 Å². The fourth-order valence-electron chi connectivity index (χ4n) is 2.21. The second kappa shape index (κ2) is 7.23. The normalized spacial score (nSPS) is 14.9. The summed E-state index contributed by atoms with van der Waals surface area (Å²) in [5.74, 6) is 2.05. The number of aromatic nitrogens is 3. The smallest absolute Gasteiger partial charge is 0.231 e. The Balaban J connectivity index is 1.98. The third-order valence-corrected chi connectivity index (χ3v) is 3.30. The highest BCUT2D eigenvalue weighted by Gasteiger charge is 2.16. The van der Waals surface area contributed by atoms with Gasteiger partial charge in [0.15, 0.2) is 0 Å². The molecule has 112 valence electrons. The number of nitrogens with one attached hydrogen (secondary N) is 2. The van der Waals surface area contributed by atoms with Crippen LogP contribution in [0, 0.1) is 0 Å². The lowest BCUT2D eigenvalue weighted by Crippen LogP contribution is -2.22. The predicted molar refractivity (Wildman–Crippen MR) is 82.5 cm³/mol. The fraction of sp³-hybridized carbons (Fsp3) is 0.769. The van der Waals surface area contributed by atoms with Crippen molar-refractivity contribution in [2.75, 3.05) is 62.9 Å². The van der Waals surface area contributed by atoms with Gasteiger partial charge in [-0.15, -0.1) is 0 Å². The first kappa shape index (κ1) is 14.8. The number of hydrogen-bond donors (Lipinski definition) is 2. The minimum atomic E-state index is 0.622. The van der Waals surface area contributed by atoms with Gasteiger partial charge < -0.3 is 20.4 Å². The molecule has 1 saturated heterocycles. The topological polar surface area (TPSA) is 69.2 Å². The molecule has 0 aromatic carbocycles. The minimum Gasteiger partial charge on any atom is -0.357 e. The van der Waals surface area contributed by atoms with Crippen molar-refractivity contribution >= 4 is 17.8 Å². The van der Waals surface area contributed by atoms with Crippen LogP contribution in [0.2, 0.25) is 0 Å². The standard InChI is InChI=1S/C13H25N7/c1-14-11-16-12(15-7-6-8-19(2)3)18-13(17-11)20-9-4-5-10-20/h4-10H2,1-3H3,(H2,14,15,16,17,18). The Kier molecular flexibility index (Phi) is 5.34. The summed E-state index contributed by atoms with van der Waals surface area (Å²) in [6.45, 7) is 3.99. The van der Waals surface area contributed by atoms with E-state index < -0.39 is 0 Å². The van der Waals surface area contributed by atoms with Gasteiger partial charge in [-0.3, -0.25) is 0 Å². The van der Waals surface area contributed by atoms with Crippen LogP contribution >= 0.6 is 0 Å². The van der Waals surface area contributed by atoms with E-state index in [2.05, 4.69) is 49.5 Å². The van der Waals surface area contributed by atoms with E-state index in [1.54, 1.807) is 0 Å². The van der Waals surface area contributed by atoms with Gasteiger partial charge in [-0.1, -0.05) is 0 Å². The zero-order valence-corrected chi connectivity index (χ0v) is 12.7. The lowest BCUT2D eigenvalue weighted by atomic mass is 10.4. The van der Waals surface area contributed by atoms with Crippen LogP contribution in [0.25, 0.3) is 0 Å². The van der Waals surface area contributed by atoms with Crippen LogP contribution < -0.4 is 15.5 Å². The molecule has 7 heteroatoms. The van der Waals surface area contributed by atoms with Crippen molar-refractivity contribution in [1.29, 1.82) is 0 Å². The second-order valence-electron chi connectivity index (χ2n) is 5.31. The van der Waals surface area contributed by atoms with Gasteiger partial charge in [0.1, 0.15) is 0 Å². The Morgan fingerprint density at radius 2 is 1.80 bits per heavy atom. The highest BCUT2D eigenvalue weighted by Crippen LogP contribution is 2.18. The van der Waals surface area contributed by atoms with Gasteiger partial charge in [-0.05, 0) is 39.9 Å². The average molecular weight is 279 g/mol. The van der Waals surface area contributed by atoms with Crippen molar-refractivity contribution < 1.29 is 0 Å². The third-order valence-electron chi connectivity index (χ3n) is 3.30. The summed E-state index contributed by atoms with van der Waals surface area (Å²) in [4.78, 5) is 17.7. The lowest BCUT2D eigenvalue weighted by Gasteiger charge is -2.17. The molecule has 20 heavy (non-hydrogen) atoms. The van der Waals surface area contributed by atoms with Crippen LogP contribution in [-0.4, -0.2) is 67.2 Å². The monoisotopic (exact) mass is 279 g/mol. The van der Waals surface area contributed by atoms with Gasteiger partial charge in [0.2, 0.25) is 17.8 Å². The summed E-state index contributed by atoms with van der Waals surface area (Å²) in [5.41, 5.74) is 0. The van der Waals surface area contributed by atoms with Crippen LogP contribution in [-0.2, 0) is 0 Å². The van der Waals surface area contributed by atoms with E-state index in [-0.39, 0.29) is 0 Å². The highest BCUT2D eigenvalue weighted by molar-refractivity contribution is 5.43. The molecule has 1 aromatic rings. The molecule has 1 aromatic heterocycles. The van der Waals surface area contributed by atoms with E-state index >= 15 is 0 Å². The van der Waals surface area contributed by atoms with E-state index in [1.165, 1.54) is 12.8 Å². The first-order valence-corrected chi connectivity index (χ1v) is 7.26. The molecule has 0 unspecified atom stereocenters. The van der Waals surface area contributed by atoms with Crippen LogP contribution in [0.15, 0.2) is 0 Å². The van der Waals surface area contributed by atoms with Gasteiger partial charge in [0.05, 0.1) is 0 Å². The largest absolute Gasteiger partial charge is 0.357 e. The molecule has 0 amide bonds. The van der Waals surface area contributed by atoms with E-state index in [4.69, 9.17) is 0 Å². The molecular weight excluding hydrogens is 254 g/mol. The molecule has 7 nitrogen and oxygen atoms in total. The predicted octanol–water partition coefficient (Wildman–Crippen LogP) is 0.877. The number of anilines is 3. The molecule has 2 rings (SSSR count). The summed E-state index contributed by atoms with van der Waals surface area (Å²) in [6.07, 6.45) is 3.49. The van der Waals surface area contributed by atoms with Crippen molar-refractivity contribution in [1.82, 2.24) is 19.9 Å². The molecule has 1 fully saturated rings. The SMILES string of the molecule is CNc1nc(NCCCN(C)C)nc(N2CCCC2)n1. The molecular formula is C13H25N7.